The molecule has 2 rings (SSSR count). The minimum absolute atomic E-state index is 0.155. The van der Waals surface area contributed by atoms with Crippen molar-refractivity contribution in [1.29, 1.82) is 0 Å². The lowest BCUT2D eigenvalue weighted by atomic mass is 9.93. The average molecular weight is 313 g/mol. The van der Waals surface area contributed by atoms with E-state index in [0.717, 1.165) is 25.9 Å². The molecule has 0 atom stereocenters. The molecule has 1 aromatic rings. The first kappa shape index (κ1) is 16.3. The van der Waals surface area contributed by atoms with E-state index in [1.54, 1.807) is 17.1 Å². The first-order valence-electron chi connectivity index (χ1n) is 7.84. The summed E-state index contributed by atoms with van der Waals surface area (Å²) in [7, 11) is 0. The number of carbonyl (C=O) groups is 1. The summed E-state index contributed by atoms with van der Waals surface area (Å²) in [5, 5.41) is 7.67. The molecule has 6 heteroatoms. The van der Waals surface area contributed by atoms with Gasteiger partial charge in [0.1, 0.15) is 0 Å². The van der Waals surface area contributed by atoms with Gasteiger partial charge in [0.2, 0.25) is 5.91 Å². The highest BCUT2D eigenvalue weighted by Gasteiger charge is 2.20. The Morgan fingerprint density at radius 1 is 1.43 bits per heavy atom. The summed E-state index contributed by atoms with van der Waals surface area (Å²) < 4.78 is 1.74. The van der Waals surface area contributed by atoms with Crippen molar-refractivity contribution in [3.63, 3.8) is 0 Å². The summed E-state index contributed by atoms with van der Waals surface area (Å²) in [6.07, 6.45) is 7.51. The van der Waals surface area contributed by atoms with E-state index in [9.17, 15) is 4.79 Å². The standard InChI is InChI=1S/C15H25ClN4O/c1-2-6-19-7-3-13(4-8-19)10-15(21)17-5-9-20-12-14(16)11-18-20/h11-13H,2-10H2,1H3,(H,17,21). The molecule has 5 nitrogen and oxygen atoms in total. The van der Waals surface area contributed by atoms with Crippen molar-refractivity contribution in [2.75, 3.05) is 26.2 Å². The van der Waals surface area contributed by atoms with E-state index in [2.05, 4.69) is 22.2 Å². The van der Waals surface area contributed by atoms with Crippen LogP contribution in [-0.4, -0.2) is 46.8 Å². The van der Waals surface area contributed by atoms with E-state index in [4.69, 9.17) is 11.6 Å². The third kappa shape index (κ3) is 5.67. The topological polar surface area (TPSA) is 50.2 Å². The van der Waals surface area contributed by atoms with Crippen LogP contribution in [-0.2, 0) is 11.3 Å². The van der Waals surface area contributed by atoms with Crippen molar-refractivity contribution in [2.24, 2.45) is 5.92 Å². The van der Waals surface area contributed by atoms with Crippen LogP contribution >= 0.6 is 11.6 Å². The minimum atomic E-state index is 0.155. The molecule has 1 saturated heterocycles. The summed E-state index contributed by atoms with van der Waals surface area (Å²) in [4.78, 5) is 14.4. The van der Waals surface area contributed by atoms with E-state index in [0.29, 0.717) is 30.5 Å². The second-order valence-corrected chi connectivity index (χ2v) is 6.20. The van der Waals surface area contributed by atoms with Crippen molar-refractivity contribution in [2.45, 2.75) is 39.2 Å². The smallest absolute Gasteiger partial charge is 0.220 e. The van der Waals surface area contributed by atoms with Crippen molar-refractivity contribution < 1.29 is 4.79 Å². The maximum atomic E-state index is 11.9. The number of nitrogens with zero attached hydrogens (tertiary/aromatic N) is 3. The predicted molar refractivity (Wildman–Crippen MR) is 84.3 cm³/mol. The van der Waals surface area contributed by atoms with Gasteiger partial charge in [0, 0.05) is 19.2 Å². The maximum Gasteiger partial charge on any atom is 0.220 e. The number of nitrogens with one attached hydrogen (secondary N) is 1. The minimum Gasteiger partial charge on any atom is -0.354 e. The molecule has 0 spiro atoms. The summed E-state index contributed by atoms with van der Waals surface area (Å²) in [6, 6.07) is 0. The number of likely N-dealkylation sites (tertiary alicyclic amines) is 1. The molecular weight excluding hydrogens is 288 g/mol. The second kappa shape index (κ2) is 8.39. The lowest BCUT2D eigenvalue weighted by Gasteiger charge is -2.31. The number of carbonyl (C=O) groups excluding carboxylic acids is 1. The molecular formula is C15H25ClN4O. The molecule has 1 fully saturated rings. The van der Waals surface area contributed by atoms with E-state index in [-0.39, 0.29) is 5.91 Å². The zero-order chi connectivity index (χ0) is 15.1. The Labute approximate surface area is 131 Å². The van der Waals surface area contributed by atoms with Gasteiger partial charge in [0.15, 0.2) is 0 Å². The van der Waals surface area contributed by atoms with Gasteiger partial charge in [-0.05, 0) is 44.8 Å². The highest BCUT2D eigenvalue weighted by atomic mass is 35.5. The molecule has 0 aliphatic carbocycles. The van der Waals surface area contributed by atoms with Crippen molar-refractivity contribution in [3.05, 3.63) is 17.4 Å². The van der Waals surface area contributed by atoms with Crippen LogP contribution in [0.3, 0.4) is 0 Å². The highest BCUT2D eigenvalue weighted by molar-refractivity contribution is 6.30. The fraction of sp³-hybridized carbons (Fsp3) is 0.733. The number of piperidine rings is 1. The van der Waals surface area contributed by atoms with Gasteiger partial charge in [-0.1, -0.05) is 18.5 Å². The van der Waals surface area contributed by atoms with Crippen LogP contribution in [0.15, 0.2) is 12.4 Å². The van der Waals surface area contributed by atoms with Crippen LogP contribution in [0.1, 0.15) is 32.6 Å². The largest absolute Gasteiger partial charge is 0.354 e. The summed E-state index contributed by atoms with van der Waals surface area (Å²) in [5.74, 6) is 0.694. The molecule has 0 bridgehead atoms. The average Bonchev–Trinajstić information content (AvgIpc) is 2.87. The summed E-state index contributed by atoms with van der Waals surface area (Å²) in [5.41, 5.74) is 0. The Bertz CT molecular complexity index is 441. The fourth-order valence-electron chi connectivity index (χ4n) is 2.84. The molecule has 1 aromatic heterocycles. The van der Waals surface area contributed by atoms with Gasteiger partial charge in [-0.15, -0.1) is 0 Å². The first-order valence-corrected chi connectivity index (χ1v) is 8.22. The molecule has 0 radical (unpaired) electrons. The molecule has 1 aliphatic rings. The number of aromatic nitrogens is 2. The van der Waals surface area contributed by atoms with Gasteiger partial charge in [-0.2, -0.15) is 5.10 Å². The fourth-order valence-corrected chi connectivity index (χ4v) is 2.99. The van der Waals surface area contributed by atoms with Crippen LogP contribution in [0.2, 0.25) is 5.02 Å². The van der Waals surface area contributed by atoms with Gasteiger partial charge >= 0.3 is 0 Å². The zero-order valence-electron chi connectivity index (χ0n) is 12.7. The van der Waals surface area contributed by atoms with Gasteiger partial charge in [0.05, 0.1) is 17.8 Å². The molecule has 21 heavy (non-hydrogen) atoms. The maximum absolute atomic E-state index is 11.9. The monoisotopic (exact) mass is 312 g/mol. The molecule has 1 aliphatic heterocycles. The normalized spacial score (nSPS) is 17.0. The van der Waals surface area contributed by atoms with Gasteiger partial charge in [-0.25, -0.2) is 0 Å². The zero-order valence-corrected chi connectivity index (χ0v) is 13.5. The Morgan fingerprint density at radius 3 is 2.81 bits per heavy atom. The van der Waals surface area contributed by atoms with Gasteiger partial charge in [-0.3, -0.25) is 9.48 Å². The number of hydrogen-bond donors (Lipinski definition) is 1. The van der Waals surface area contributed by atoms with Crippen molar-refractivity contribution in [1.82, 2.24) is 20.0 Å². The Hall–Kier alpha value is -1.07. The molecule has 0 aromatic carbocycles. The molecule has 0 saturated carbocycles. The summed E-state index contributed by atoms with van der Waals surface area (Å²) >= 11 is 5.79. The van der Waals surface area contributed by atoms with Gasteiger partial charge in [0.25, 0.3) is 0 Å². The molecule has 1 amide bonds. The number of halogens is 1. The highest BCUT2D eigenvalue weighted by Crippen LogP contribution is 2.20. The van der Waals surface area contributed by atoms with Crippen LogP contribution in [0.4, 0.5) is 0 Å². The van der Waals surface area contributed by atoms with E-state index in [1.165, 1.54) is 13.0 Å². The van der Waals surface area contributed by atoms with Crippen LogP contribution in [0.5, 0.6) is 0 Å². The van der Waals surface area contributed by atoms with Gasteiger partial charge < -0.3 is 10.2 Å². The quantitative estimate of drug-likeness (QED) is 0.839. The SMILES string of the molecule is CCCN1CCC(CC(=O)NCCn2cc(Cl)cn2)CC1. The van der Waals surface area contributed by atoms with Crippen LogP contribution < -0.4 is 5.32 Å². The van der Waals surface area contributed by atoms with Crippen LogP contribution in [0.25, 0.3) is 0 Å². The lowest BCUT2D eigenvalue weighted by Crippen LogP contribution is -2.36. The number of rotatable bonds is 7. The molecule has 0 unspecified atom stereocenters. The van der Waals surface area contributed by atoms with Crippen LogP contribution in [0, 0.1) is 5.92 Å². The van der Waals surface area contributed by atoms with E-state index < -0.39 is 0 Å². The lowest BCUT2D eigenvalue weighted by molar-refractivity contribution is -0.122. The molecule has 2 heterocycles. The summed E-state index contributed by atoms with van der Waals surface area (Å²) in [6.45, 7) is 6.94. The Morgan fingerprint density at radius 2 is 2.19 bits per heavy atom. The third-order valence-corrected chi connectivity index (χ3v) is 4.18. The number of amides is 1. The third-order valence-electron chi connectivity index (χ3n) is 3.99. The Kier molecular flexibility index (Phi) is 6.51. The van der Waals surface area contributed by atoms with Crippen molar-refractivity contribution >= 4 is 17.5 Å². The van der Waals surface area contributed by atoms with E-state index in [1.807, 2.05) is 0 Å². The van der Waals surface area contributed by atoms with Crippen molar-refractivity contribution in [3.8, 4) is 0 Å². The second-order valence-electron chi connectivity index (χ2n) is 5.76. The first-order chi connectivity index (χ1) is 10.2. The number of hydrogen-bond acceptors (Lipinski definition) is 3. The van der Waals surface area contributed by atoms with E-state index >= 15 is 0 Å². The predicted octanol–water partition coefficient (Wildman–Crippen LogP) is 2.16. The Balaban J connectivity index is 1.59. The molecule has 1 N–H and O–H groups in total. The molecule has 118 valence electrons.